The Morgan fingerprint density at radius 2 is 1.86 bits per heavy atom. The lowest BCUT2D eigenvalue weighted by Gasteiger charge is -2.42. The number of fused-ring (bicyclic) bond motifs is 2. The summed E-state index contributed by atoms with van der Waals surface area (Å²) < 4.78 is 34.3. The van der Waals surface area contributed by atoms with Crippen molar-refractivity contribution in [3.63, 3.8) is 0 Å². The number of piperidine rings is 2. The van der Waals surface area contributed by atoms with Crippen LogP contribution in [0.4, 0.5) is 20.8 Å². The number of carbonyl (C=O) groups excluding carboxylic acids is 1. The van der Waals surface area contributed by atoms with Crippen molar-refractivity contribution in [2.45, 2.75) is 95.6 Å². The molecule has 0 saturated carbocycles. The van der Waals surface area contributed by atoms with Crippen LogP contribution in [0.3, 0.4) is 0 Å². The summed E-state index contributed by atoms with van der Waals surface area (Å²) in [4.78, 5) is 27.5. The van der Waals surface area contributed by atoms with E-state index in [2.05, 4.69) is 15.1 Å². The lowest BCUT2D eigenvalue weighted by Crippen LogP contribution is -2.54. The molecule has 3 fully saturated rings. The van der Waals surface area contributed by atoms with Crippen molar-refractivity contribution in [1.29, 1.82) is 0 Å². The minimum atomic E-state index is -0.736. The number of halogens is 1. The molecule has 0 aliphatic carbocycles. The quantitative estimate of drug-likeness (QED) is 0.403. The highest BCUT2D eigenvalue weighted by Crippen LogP contribution is 2.49. The Bertz CT molecular complexity index is 1520. The fourth-order valence-corrected chi connectivity index (χ4v) is 7.01. The van der Waals surface area contributed by atoms with Crippen LogP contribution in [0.5, 0.6) is 5.75 Å². The van der Waals surface area contributed by atoms with Crippen LogP contribution in [0, 0.1) is 5.82 Å². The van der Waals surface area contributed by atoms with Crippen LogP contribution in [0.1, 0.15) is 90.0 Å². The lowest BCUT2D eigenvalue weighted by atomic mass is 9.82. The first-order chi connectivity index (χ1) is 21.2. The van der Waals surface area contributed by atoms with Crippen LogP contribution >= 0.6 is 0 Å². The van der Waals surface area contributed by atoms with E-state index in [-0.39, 0.29) is 12.0 Å². The standard InChI is InChI=1S/C32H42FN7O4/c1-31(2,3)44-30(41)36-27-22-11-10-21(33)19-23(22)43-32(27)12-16-38(17-13-32)24-20-34-26-28(35-24)40(25-9-5-8-18-42-25)37-29(26)39-14-6-4-7-15-39/h10-11,19-20,25,27H,4-9,12-18H2,1-3H3,(H,36,41)/t25?,27-/m1/s1. The maximum Gasteiger partial charge on any atom is 0.408 e. The number of amides is 1. The zero-order chi connectivity index (χ0) is 30.5. The third-order valence-electron chi connectivity index (χ3n) is 9.18. The first-order valence-electron chi connectivity index (χ1n) is 16.0. The van der Waals surface area contributed by atoms with Gasteiger partial charge >= 0.3 is 6.09 Å². The summed E-state index contributed by atoms with van der Waals surface area (Å²) in [5.41, 5.74) is 0.941. The number of carbonyl (C=O) groups is 1. The van der Waals surface area contributed by atoms with E-state index in [9.17, 15) is 9.18 Å². The van der Waals surface area contributed by atoms with Crippen molar-refractivity contribution in [2.24, 2.45) is 0 Å². The van der Waals surface area contributed by atoms with E-state index >= 15 is 0 Å². The first kappa shape index (κ1) is 29.1. The Hall–Kier alpha value is -3.67. The molecule has 12 heteroatoms. The van der Waals surface area contributed by atoms with Gasteiger partial charge in [0.15, 0.2) is 23.2 Å². The van der Waals surface area contributed by atoms with Crippen molar-refractivity contribution in [3.05, 3.63) is 35.8 Å². The number of nitrogens with one attached hydrogen (secondary N) is 1. The zero-order valence-electron chi connectivity index (χ0n) is 25.9. The number of anilines is 2. The van der Waals surface area contributed by atoms with Crippen LogP contribution in [0.2, 0.25) is 0 Å². The maximum atomic E-state index is 14.2. The van der Waals surface area contributed by atoms with E-state index in [1.807, 2.05) is 31.6 Å². The number of hydrogen-bond acceptors (Lipinski definition) is 9. The monoisotopic (exact) mass is 607 g/mol. The van der Waals surface area contributed by atoms with E-state index in [1.54, 1.807) is 6.07 Å². The molecule has 44 heavy (non-hydrogen) atoms. The molecule has 11 nitrogen and oxygen atoms in total. The average Bonchev–Trinajstić information content (AvgIpc) is 3.52. The molecule has 6 heterocycles. The molecule has 1 amide bonds. The van der Waals surface area contributed by atoms with Crippen molar-refractivity contribution in [3.8, 4) is 5.75 Å². The molecule has 4 aliphatic rings. The van der Waals surface area contributed by atoms with Gasteiger partial charge < -0.3 is 29.3 Å². The second-order valence-corrected chi connectivity index (χ2v) is 13.5. The highest BCUT2D eigenvalue weighted by Gasteiger charge is 2.51. The van der Waals surface area contributed by atoms with Gasteiger partial charge in [0.2, 0.25) is 0 Å². The summed E-state index contributed by atoms with van der Waals surface area (Å²) in [6.45, 7) is 9.39. The van der Waals surface area contributed by atoms with E-state index in [0.29, 0.717) is 31.7 Å². The number of aromatic nitrogens is 4. The number of nitrogens with zero attached hydrogens (tertiary/aromatic N) is 6. The minimum absolute atomic E-state index is 0.149. The van der Waals surface area contributed by atoms with Gasteiger partial charge in [0.25, 0.3) is 0 Å². The number of hydrogen-bond donors (Lipinski definition) is 1. The smallest absolute Gasteiger partial charge is 0.408 e. The number of rotatable bonds is 4. The molecule has 7 rings (SSSR count). The fourth-order valence-electron chi connectivity index (χ4n) is 7.01. The molecular weight excluding hydrogens is 565 g/mol. The van der Waals surface area contributed by atoms with Crippen molar-refractivity contribution >= 4 is 28.9 Å². The van der Waals surface area contributed by atoms with Crippen molar-refractivity contribution in [2.75, 3.05) is 42.6 Å². The Labute approximate surface area is 257 Å². The molecule has 236 valence electrons. The molecule has 3 saturated heterocycles. The van der Waals surface area contributed by atoms with Crippen LogP contribution in [0.25, 0.3) is 11.2 Å². The van der Waals surface area contributed by atoms with Crippen molar-refractivity contribution < 1.29 is 23.4 Å². The number of benzene rings is 1. The third-order valence-corrected chi connectivity index (χ3v) is 9.18. The highest BCUT2D eigenvalue weighted by molar-refractivity contribution is 5.85. The number of ether oxygens (including phenoxy) is 3. The van der Waals surface area contributed by atoms with Crippen LogP contribution in [-0.2, 0) is 9.47 Å². The largest absolute Gasteiger partial charge is 0.484 e. The summed E-state index contributed by atoms with van der Waals surface area (Å²) in [7, 11) is 0. The molecule has 2 aromatic heterocycles. The highest BCUT2D eigenvalue weighted by atomic mass is 19.1. The molecule has 1 N–H and O–H groups in total. The summed E-state index contributed by atoms with van der Waals surface area (Å²) in [5.74, 6) is 1.75. The van der Waals surface area contributed by atoms with Crippen LogP contribution in [0.15, 0.2) is 24.4 Å². The predicted octanol–water partition coefficient (Wildman–Crippen LogP) is 5.65. The van der Waals surface area contributed by atoms with E-state index in [0.717, 1.165) is 80.2 Å². The van der Waals surface area contributed by atoms with Gasteiger partial charge in [-0.2, -0.15) is 0 Å². The lowest BCUT2D eigenvalue weighted by molar-refractivity contribution is -0.0369. The summed E-state index contributed by atoms with van der Waals surface area (Å²) >= 11 is 0. The molecule has 0 bridgehead atoms. The van der Waals surface area contributed by atoms with Crippen LogP contribution < -0.4 is 19.9 Å². The second-order valence-electron chi connectivity index (χ2n) is 13.5. The molecule has 1 aromatic carbocycles. The van der Waals surface area contributed by atoms with Crippen LogP contribution in [-0.4, -0.2) is 69.8 Å². The maximum absolute atomic E-state index is 14.2. The molecule has 2 atom stereocenters. The van der Waals surface area contributed by atoms with Gasteiger partial charge in [0.1, 0.15) is 34.6 Å². The predicted molar refractivity (Wildman–Crippen MR) is 164 cm³/mol. The van der Waals surface area contributed by atoms with Gasteiger partial charge in [-0.1, -0.05) is 6.07 Å². The second kappa shape index (κ2) is 11.4. The molecule has 3 aromatic rings. The van der Waals surface area contributed by atoms with Gasteiger partial charge in [0.05, 0.1) is 6.20 Å². The van der Waals surface area contributed by atoms with Crippen molar-refractivity contribution in [1.82, 2.24) is 25.1 Å². The SMILES string of the molecule is CC(C)(C)OC(=O)N[C@@H]1c2ccc(F)cc2OC12CCN(c1cnc3c(N4CCCCC4)nn(C4CCCCO4)c3n1)CC2. The minimum Gasteiger partial charge on any atom is -0.484 e. The van der Waals surface area contributed by atoms with E-state index < -0.39 is 23.3 Å². The third kappa shape index (κ3) is 5.52. The number of alkyl carbamates (subject to hydrolysis) is 1. The van der Waals surface area contributed by atoms with E-state index in [4.69, 9.17) is 29.3 Å². The Balaban J connectivity index is 1.15. The molecule has 4 aliphatic heterocycles. The van der Waals surface area contributed by atoms with Gasteiger partial charge in [-0.05, 0) is 65.4 Å². The summed E-state index contributed by atoms with van der Waals surface area (Å²) in [6, 6.07) is 4.03. The van der Waals surface area contributed by atoms with Gasteiger partial charge in [-0.15, -0.1) is 5.10 Å². The van der Waals surface area contributed by atoms with Gasteiger partial charge in [-0.3, -0.25) is 0 Å². The zero-order valence-corrected chi connectivity index (χ0v) is 25.9. The topological polar surface area (TPSA) is 107 Å². The van der Waals surface area contributed by atoms with E-state index in [1.165, 1.54) is 18.6 Å². The Morgan fingerprint density at radius 3 is 2.59 bits per heavy atom. The van der Waals surface area contributed by atoms with Gasteiger partial charge in [-0.25, -0.2) is 23.8 Å². The van der Waals surface area contributed by atoms with Gasteiger partial charge in [0, 0.05) is 57.3 Å². The Morgan fingerprint density at radius 1 is 1.07 bits per heavy atom. The Kier molecular flexibility index (Phi) is 7.50. The molecular formula is C32H42FN7O4. The summed E-state index contributed by atoms with van der Waals surface area (Å²) in [6.07, 6.45) is 8.95. The molecule has 1 spiro atoms. The molecule has 0 radical (unpaired) electrons. The fraction of sp³-hybridized carbons (Fsp3) is 0.625. The first-order valence-corrected chi connectivity index (χ1v) is 16.0. The average molecular weight is 608 g/mol. The normalized spacial score (nSPS) is 23.5. The summed E-state index contributed by atoms with van der Waals surface area (Å²) in [5, 5.41) is 8.09. The molecule has 1 unspecified atom stereocenters.